The van der Waals surface area contributed by atoms with E-state index in [1.165, 1.54) is 18.4 Å². The van der Waals surface area contributed by atoms with Gasteiger partial charge >= 0.3 is 6.03 Å². The van der Waals surface area contributed by atoms with Crippen molar-refractivity contribution in [3.8, 4) is 0 Å². The van der Waals surface area contributed by atoms with Crippen LogP contribution in [-0.2, 0) is 6.42 Å². The highest BCUT2D eigenvalue weighted by Gasteiger charge is 2.25. The Kier molecular flexibility index (Phi) is 4.85. The number of carbonyl (C=O) groups is 1. The smallest absolute Gasteiger partial charge is 0.315 e. The lowest BCUT2D eigenvalue weighted by Crippen LogP contribution is -2.42. The first-order chi connectivity index (χ1) is 11.5. The molecule has 1 aliphatic carbocycles. The molecule has 3 rings (SSSR count). The van der Waals surface area contributed by atoms with Crippen molar-refractivity contribution in [3.63, 3.8) is 0 Å². The van der Waals surface area contributed by atoms with Crippen LogP contribution >= 0.6 is 0 Å². The summed E-state index contributed by atoms with van der Waals surface area (Å²) in [7, 11) is 0. The van der Waals surface area contributed by atoms with Crippen molar-refractivity contribution in [2.45, 2.75) is 44.4 Å². The average Bonchev–Trinajstić information content (AvgIpc) is 3.17. The molecule has 1 aromatic heterocycles. The predicted octanol–water partition coefficient (Wildman–Crippen LogP) is 3.22. The van der Waals surface area contributed by atoms with E-state index in [1.54, 1.807) is 18.2 Å². The molecular weight excluding hydrogens is 311 g/mol. The Morgan fingerprint density at radius 1 is 1.46 bits per heavy atom. The van der Waals surface area contributed by atoms with E-state index in [0.29, 0.717) is 12.2 Å². The fourth-order valence-electron chi connectivity index (χ4n) is 3.15. The van der Waals surface area contributed by atoms with Crippen molar-refractivity contribution in [1.29, 1.82) is 0 Å². The van der Waals surface area contributed by atoms with Gasteiger partial charge < -0.3 is 20.2 Å². The highest BCUT2D eigenvalue weighted by atomic mass is 19.1. The molecular formula is C18H21FN2O3. The largest absolute Gasteiger partial charge is 0.467 e. The molecule has 2 aromatic rings. The first-order valence-electron chi connectivity index (χ1n) is 8.09. The third-order valence-corrected chi connectivity index (χ3v) is 4.31. The van der Waals surface area contributed by atoms with Crippen LogP contribution in [0.3, 0.4) is 0 Å². The van der Waals surface area contributed by atoms with Crippen LogP contribution in [0.4, 0.5) is 9.18 Å². The van der Waals surface area contributed by atoms with Gasteiger partial charge in [-0.3, -0.25) is 0 Å². The molecule has 3 N–H and O–H groups in total. The number of aliphatic hydroxyl groups excluding tert-OH is 1. The fraction of sp³-hybridized carbons (Fsp3) is 0.389. The molecule has 6 heteroatoms. The van der Waals surface area contributed by atoms with Crippen LogP contribution < -0.4 is 10.6 Å². The Hall–Kier alpha value is -2.34. The second-order valence-electron chi connectivity index (χ2n) is 6.22. The van der Waals surface area contributed by atoms with Crippen molar-refractivity contribution in [1.82, 2.24) is 10.6 Å². The van der Waals surface area contributed by atoms with E-state index in [0.717, 1.165) is 24.0 Å². The Labute approximate surface area is 139 Å². The summed E-state index contributed by atoms with van der Waals surface area (Å²) < 4.78 is 18.4. The second kappa shape index (κ2) is 7.05. The van der Waals surface area contributed by atoms with Crippen molar-refractivity contribution in [3.05, 3.63) is 59.3 Å². The summed E-state index contributed by atoms with van der Waals surface area (Å²) >= 11 is 0. The standard InChI is InChI=1S/C18H21FN2O3/c1-11(9-16(22)17-3-2-8-24-17)20-18(23)21-15-7-4-12-10-13(19)5-6-14(12)15/h2-3,5-6,8,10-11,15-16,22H,4,7,9H2,1H3,(H2,20,21,23). The highest BCUT2D eigenvalue weighted by Crippen LogP contribution is 2.31. The van der Waals surface area contributed by atoms with Gasteiger partial charge in [0.2, 0.25) is 0 Å². The van der Waals surface area contributed by atoms with Gasteiger partial charge in [0.05, 0.1) is 12.3 Å². The number of furan rings is 1. The monoisotopic (exact) mass is 332 g/mol. The number of carbonyl (C=O) groups excluding carboxylic acids is 1. The Morgan fingerprint density at radius 3 is 3.04 bits per heavy atom. The number of amides is 2. The topological polar surface area (TPSA) is 74.5 Å². The molecule has 0 radical (unpaired) electrons. The minimum atomic E-state index is -0.759. The Morgan fingerprint density at radius 2 is 2.29 bits per heavy atom. The lowest BCUT2D eigenvalue weighted by Gasteiger charge is -2.20. The van der Waals surface area contributed by atoms with Gasteiger partial charge in [-0.1, -0.05) is 6.07 Å². The minimum Gasteiger partial charge on any atom is -0.467 e. The molecule has 0 bridgehead atoms. The van der Waals surface area contributed by atoms with Gasteiger partial charge in [0.25, 0.3) is 0 Å². The number of halogens is 1. The molecule has 1 heterocycles. The molecule has 0 saturated heterocycles. The van der Waals surface area contributed by atoms with Gasteiger partial charge in [0.15, 0.2) is 0 Å². The molecule has 128 valence electrons. The van der Waals surface area contributed by atoms with E-state index in [4.69, 9.17) is 4.42 Å². The molecule has 1 aromatic carbocycles. The number of hydrogen-bond donors (Lipinski definition) is 3. The van der Waals surface area contributed by atoms with Crippen LogP contribution in [0, 0.1) is 5.82 Å². The van der Waals surface area contributed by atoms with Crippen molar-refractivity contribution >= 4 is 6.03 Å². The zero-order valence-corrected chi connectivity index (χ0v) is 13.5. The molecule has 0 spiro atoms. The third-order valence-electron chi connectivity index (χ3n) is 4.31. The van der Waals surface area contributed by atoms with Crippen LogP contribution in [0.25, 0.3) is 0 Å². The van der Waals surface area contributed by atoms with Gasteiger partial charge in [-0.15, -0.1) is 0 Å². The van der Waals surface area contributed by atoms with E-state index in [1.807, 2.05) is 6.92 Å². The number of aliphatic hydroxyl groups is 1. The summed E-state index contributed by atoms with van der Waals surface area (Å²) in [6.07, 6.45) is 2.61. The van der Waals surface area contributed by atoms with Crippen molar-refractivity contribution < 1.29 is 18.7 Å². The summed E-state index contributed by atoms with van der Waals surface area (Å²) in [6, 6.07) is 7.46. The van der Waals surface area contributed by atoms with Crippen LogP contribution in [0.2, 0.25) is 0 Å². The molecule has 5 nitrogen and oxygen atoms in total. The van der Waals surface area contributed by atoms with Crippen molar-refractivity contribution in [2.24, 2.45) is 0 Å². The van der Waals surface area contributed by atoms with Crippen LogP contribution in [0.1, 0.15) is 48.8 Å². The summed E-state index contributed by atoms with van der Waals surface area (Å²) in [5, 5.41) is 15.8. The molecule has 0 saturated carbocycles. The maximum Gasteiger partial charge on any atom is 0.315 e. The van der Waals surface area contributed by atoms with Gasteiger partial charge in [-0.2, -0.15) is 0 Å². The Bertz CT molecular complexity index is 702. The number of aryl methyl sites for hydroxylation is 1. The van der Waals surface area contributed by atoms with Gasteiger partial charge in [0, 0.05) is 12.5 Å². The summed E-state index contributed by atoms with van der Waals surface area (Å²) in [6.45, 7) is 1.82. The number of rotatable bonds is 5. The second-order valence-corrected chi connectivity index (χ2v) is 6.22. The van der Waals surface area contributed by atoms with E-state index in [-0.39, 0.29) is 23.9 Å². The van der Waals surface area contributed by atoms with Crippen LogP contribution in [0.5, 0.6) is 0 Å². The number of fused-ring (bicyclic) bond motifs is 1. The maximum absolute atomic E-state index is 13.2. The zero-order chi connectivity index (χ0) is 17.1. The molecule has 3 atom stereocenters. The first kappa shape index (κ1) is 16.5. The summed E-state index contributed by atoms with van der Waals surface area (Å²) in [5.74, 6) is 0.232. The maximum atomic E-state index is 13.2. The van der Waals surface area contributed by atoms with Gasteiger partial charge in [0.1, 0.15) is 17.7 Å². The van der Waals surface area contributed by atoms with Crippen LogP contribution in [0.15, 0.2) is 41.0 Å². The first-order valence-corrected chi connectivity index (χ1v) is 8.09. The lowest BCUT2D eigenvalue weighted by molar-refractivity contribution is 0.129. The predicted molar refractivity (Wildman–Crippen MR) is 86.9 cm³/mol. The number of nitrogens with one attached hydrogen (secondary N) is 2. The normalized spacial score (nSPS) is 18.7. The lowest BCUT2D eigenvalue weighted by atomic mass is 10.1. The molecule has 3 unspecified atom stereocenters. The molecule has 0 aliphatic heterocycles. The minimum absolute atomic E-state index is 0.109. The third kappa shape index (κ3) is 3.76. The van der Waals surface area contributed by atoms with Gasteiger partial charge in [-0.05, 0) is 55.2 Å². The van der Waals surface area contributed by atoms with E-state index in [2.05, 4.69) is 10.6 Å². The Balaban J connectivity index is 1.51. The number of hydrogen-bond acceptors (Lipinski definition) is 3. The SMILES string of the molecule is CC(CC(O)c1ccco1)NC(=O)NC1CCc2cc(F)ccc21. The molecule has 2 amide bonds. The van der Waals surface area contributed by atoms with E-state index in [9.17, 15) is 14.3 Å². The highest BCUT2D eigenvalue weighted by molar-refractivity contribution is 5.75. The quantitative estimate of drug-likeness (QED) is 0.787. The average molecular weight is 332 g/mol. The molecule has 1 aliphatic rings. The molecule has 24 heavy (non-hydrogen) atoms. The van der Waals surface area contributed by atoms with Gasteiger partial charge in [-0.25, -0.2) is 9.18 Å². The summed E-state index contributed by atoms with van der Waals surface area (Å²) in [4.78, 5) is 12.2. The van der Waals surface area contributed by atoms with Crippen molar-refractivity contribution in [2.75, 3.05) is 0 Å². The van der Waals surface area contributed by atoms with E-state index < -0.39 is 6.10 Å². The number of urea groups is 1. The van der Waals surface area contributed by atoms with Crippen LogP contribution in [-0.4, -0.2) is 17.2 Å². The number of benzene rings is 1. The zero-order valence-electron chi connectivity index (χ0n) is 13.5. The summed E-state index contributed by atoms with van der Waals surface area (Å²) in [5.41, 5.74) is 1.91. The fourth-order valence-corrected chi connectivity index (χ4v) is 3.15. The van der Waals surface area contributed by atoms with E-state index >= 15 is 0 Å². The molecule has 0 fully saturated rings.